The Morgan fingerprint density at radius 1 is 1.13 bits per heavy atom. The third-order valence-electron chi connectivity index (χ3n) is 3.26. The minimum Gasteiger partial charge on any atom is -0.302 e. The molecule has 0 amide bonds. The lowest BCUT2D eigenvalue weighted by Crippen LogP contribution is -2.19. The summed E-state index contributed by atoms with van der Waals surface area (Å²) in [7, 11) is 0. The molecule has 0 aliphatic carbocycles. The topological polar surface area (TPSA) is 81.5 Å². The molecule has 0 aliphatic rings. The van der Waals surface area contributed by atoms with Crippen LogP contribution >= 0.6 is 23.2 Å². The first-order valence-corrected chi connectivity index (χ1v) is 7.39. The Balaban J connectivity index is 2.07. The van der Waals surface area contributed by atoms with E-state index in [1.54, 1.807) is 29.2 Å². The number of H-pyrrole nitrogens is 1. The number of nitrogens with one attached hydrogen (secondary N) is 1. The average Bonchev–Trinajstić information content (AvgIpc) is 3.10. The highest BCUT2D eigenvalue weighted by molar-refractivity contribution is 6.43. The molecule has 0 saturated heterocycles. The normalized spacial score (nSPS) is 10.3. The number of aromatic amines is 1. The van der Waals surface area contributed by atoms with Gasteiger partial charge in [0.2, 0.25) is 0 Å². The summed E-state index contributed by atoms with van der Waals surface area (Å²) in [5.41, 5.74) is 2.02. The largest absolute Gasteiger partial charge is 0.302 e. The van der Waals surface area contributed by atoms with Crippen molar-refractivity contribution in [3.05, 3.63) is 63.6 Å². The number of tetrazole rings is 1. The molecule has 0 saturated carbocycles. The van der Waals surface area contributed by atoms with Gasteiger partial charge in [-0.2, -0.15) is 10.5 Å². The van der Waals surface area contributed by atoms with Crippen LogP contribution < -0.4 is 4.90 Å². The number of nitriles is 1. The molecule has 3 rings (SSSR count). The molecular weight excluding hydrogens is 335 g/mol. The maximum absolute atomic E-state index is 9.27. The van der Waals surface area contributed by atoms with Crippen molar-refractivity contribution >= 4 is 34.8 Å². The fourth-order valence-electron chi connectivity index (χ4n) is 2.17. The molecule has 1 N–H and O–H groups in total. The predicted octanol–water partition coefficient (Wildman–Crippen LogP) is 3.72. The van der Waals surface area contributed by atoms with Crippen molar-refractivity contribution in [2.75, 3.05) is 4.90 Å². The fraction of sp³-hybridized carbons (Fsp3) is 0.0667. The van der Waals surface area contributed by atoms with Gasteiger partial charge in [-0.05, 0) is 29.0 Å². The van der Waals surface area contributed by atoms with Gasteiger partial charge in [0.15, 0.2) is 0 Å². The summed E-state index contributed by atoms with van der Waals surface area (Å²) < 4.78 is 0. The molecule has 23 heavy (non-hydrogen) atoms. The van der Waals surface area contributed by atoms with E-state index in [4.69, 9.17) is 23.2 Å². The molecule has 0 spiro atoms. The Hall–Kier alpha value is -2.62. The molecule has 6 nitrogen and oxygen atoms in total. The Morgan fingerprint density at radius 3 is 2.70 bits per heavy atom. The van der Waals surface area contributed by atoms with Gasteiger partial charge in [-0.25, -0.2) is 0 Å². The van der Waals surface area contributed by atoms with Crippen LogP contribution in [0.15, 0.2) is 42.5 Å². The quantitative estimate of drug-likeness (QED) is 0.779. The van der Waals surface area contributed by atoms with Gasteiger partial charge in [-0.1, -0.05) is 52.6 Å². The number of rotatable bonds is 4. The van der Waals surface area contributed by atoms with E-state index in [-0.39, 0.29) is 0 Å². The zero-order chi connectivity index (χ0) is 16.2. The van der Waals surface area contributed by atoms with Crippen molar-refractivity contribution in [3.63, 3.8) is 0 Å². The van der Waals surface area contributed by atoms with E-state index in [1.807, 2.05) is 18.2 Å². The minimum atomic E-state index is 0.335. The molecule has 0 unspecified atom stereocenters. The van der Waals surface area contributed by atoms with Crippen LogP contribution in [0.2, 0.25) is 10.0 Å². The second-order valence-corrected chi connectivity index (χ2v) is 5.43. The lowest BCUT2D eigenvalue weighted by molar-refractivity contribution is 0.881. The predicted molar refractivity (Wildman–Crippen MR) is 87.6 cm³/mol. The van der Waals surface area contributed by atoms with Gasteiger partial charge in [0.05, 0.1) is 33.9 Å². The Kier molecular flexibility index (Phi) is 4.42. The highest BCUT2D eigenvalue weighted by Crippen LogP contribution is 2.36. The molecule has 0 atom stereocenters. The molecule has 1 aromatic heterocycles. The fourth-order valence-corrected chi connectivity index (χ4v) is 2.57. The molecule has 114 valence electrons. The summed E-state index contributed by atoms with van der Waals surface area (Å²) in [6.07, 6.45) is 0. The van der Waals surface area contributed by atoms with Gasteiger partial charge in [-0.15, -0.1) is 5.10 Å². The second-order valence-electron chi connectivity index (χ2n) is 4.64. The first-order valence-electron chi connectivity index (χ1n) is 6.63. The second kappa shape index (κ2) is 6.65. The summed E-state index contributed by atoms with van der Waals surface area (Å²) in [4.78, 5) is 1.74. The van der Waals surface area contributed by atoms with E-state index in [0.717, 1.165) is 5.56 Å². The molecular formula is C15H10Cl2N6. The molecule has 0 bridgehead atoms. The van der Waals surface area contributed by atoms with Crippen molar-refractivity contribution in [1.29, 1.82) is 5.26 Å². The summed E-state index contributed by atoms with van der Waals surface area (Å²) >= 11 is 12.4. The molecule has 1 heterocycles. The first-order chi connectivity index (χ1) is 11.2. The summed E-state index contributed by atoms with van der Waals surface area (Å²) in [6, 6.07) is 14.8. The van der Waals surface area contributed by atoms with Crippen molar-refractivity contribution in [2.45, 2.75) is 6.54 Å². The van der Waals surface area contributed by atoms with Crippen molar-refractivity contribution in [1.82, 2.24) is 20.6 Å². The summed E-state index contributed by atoms with van der Waals surface area (Å²) in [6.45, 7) is 0.351. The van der Waals surface area contributed by atoms with Crippen LogP contribution in [-0.2, 0) is 6.54 Å². The molecule has 3 aromatic rings. The smallest absolute Gasteiger partial charge is 0.270 e. The number of anilines is 2. The molecule has 2 aromatic carbocycles. The third kappa shape index (κ3) is 3.11. The highest BCUT2D eigenvalue weighted by atomic mass is 35.5. The summed E-state index contributed by atoms with van der Waals surface area (Å²) in [5.74, 6) is 0.335. The van der Waals surface area contributed by atoms with Gasteiger partial charge in [0.25, 0.3) is 5.95 Å². The number of hydrogen-bond acceptors (Lipinski definition) is 5. The van der Waals surface area contributed by atoms with E-state index < -0.39 is 0 Å². The van der Waals surface area contributed by atoms with Gasteiger partial charge in [0.1, 0.15) is 0 Å². The lowest BCUT2D eigenvalue weighted by atomic mass is 10.1. The maximum atomic E-state index is 9.27. The maximum Gasteiger partial charge on any atom is 0.270 e. The average molecular weight is 345 g/mol. The van der Waals surface area contributed by atoms with Crippen LogP contribution in [0.25, 0.3) is 0 Å². The van der Waals surface area contributed by atoms with Crippen LogP contribution in [-0.4, -0.2) is 20.6 Å². The zero-order valence-electron chi connectivity index (χ0n) is 11.7. The number of nitrogens with zero attached hydrogens (tertiary/aromatic N) is 5. The van der Waals surface area contributed by atoms with Gasteiger partial charge < -0.3 is 4.90 Å². The highest BCUT2D eigenvalue weighted by Gasteiger charge is 2.19. The number of aromatic nitrogens is 4. The first kappa shape index (κ1) is 15.3. The standard InChI is InChI=1S/C15H10Cl2N6/c16-12-6-3-7-13(14(12)17)23(15-19-21-22-20-15)9-11-5-2-1-4-10(11)8-18/h1-7H,9H2,(H,19,20,21,22). The minimum absolute atomic E-state index is 0.335. The van der Waals surface area contributed by atoms with Crippen LogP contribution in [0, 0.1) is 11.3 Å². The number of halogens is 2. The third-order valence-corrected chi connectivity index (χ3v) is 4.07. The molecule has 0 fully saturated rings. The zero-order valence-corrected chi connectivity index (χ0v) is 13.3. The van der Waals surface area contributed by atoms with Crippen molar-refractivity contribution in [2.24, 2.45) is 0 Å². The van der Waals surface area contributed by atoms with Crippen LogP contribution in [0.5, 0.6) is 0 Å². The van der Waals surface area contributed by atoms with E-state index >= 15 is 0 Å². The Labute approximate surface area is 142 Å². The van der Waals surface area contributed by atoms with E-state index in [0.29, 0.717) is 33.8 Å². The van der Waals surface area contributed by atoms with E-state index in [2.05, 4.69) is 26.7 Å². The van der Waals surface area contributed by atoms with E-state index in [9.17, 15) is 5.26 Å². The Bertz CT molecular complexity index is 857. The van der Waals surface area contributed by atoms with Gasteiger partial charge >= 0.3 is 0 Å². The summed E-state index contributed by atoms with van der Waals surface area (Å²) in [5, 5.41) is 24.1. The number of hydrogen-bond donors (Lipinski definition) is 1. The molecule has 8 heteroatoms. The van der Waals surface area contributed by atoms with Crippen LogP contribution in [0.3, 0.4) is 0 Å². The van der Waals surface area contributed by atoms with Crippen molar-refractivity contribution in [3.8, 4) is 6.07 Å². The van der Waals surface area contributed by atoms with Crippen LogP contribution in [0.1, 0.15) is 11.1 Å². The van der Waals surface area contributed by atoms with Gasteiger partial charge in [-0.3, -0.25) is 0 Å². The monoisotopic (exact) mass is 344 g/mol. The molecule has 0 radical (unpaired) electrons. The van der Waals surface area contributed by atoms with E-state index in [1.165, 1.54) is 0 Å². The lowest BCUT2D eigenvalue weighted by Gasteiger charge is -2.22. The van der Waals surface area contributed by atoms with Gasteiger partial charge in [0, 0.05) is 0 Å². The molecule has 0 aliphatic heterocycles. The SMILES string of the molecule is N#Cc1ccccc1CN(c1nn[nH]n1)c1cccc(Cl)c1Cl. The van der Waals surface area contributed by atoms with Crippen molar-refractivity contribution < 1.29 is 0 Å². The number of benzene rings is 2. The Morgan fingerprint density at radius 2 is 1.96 bits per heavy atom. The van der Waals surface area contributed by atoms with Crippen LogP contribution in [0.4, 0.5) is 11.6 Å².